The molecular formula is C29H38F3N3O2. The first-order valence-electron chi connectivity index (χ1n) is 13.2. The summed E-state index contributed by atoms with van der Waals surface area (Å²) in [6.07, 6.45) is -1.20. The van der Waals surface area contributed by atoms with Gasteiger partial charge in [0, 0.05) is 43.6 Å². The third-order valence-electron chi connectivity index (χ3n) is 8.03. The lowest BCUT2D eigenvalue weighted by molar-refractivity contribution is -0.139. The van der Waals surface area contributed by atoms with Crippen LogP contribution < -0.4 is 10.2 Å². The van der Waals surface area contributed by atoms with Crippen molar-refractivity contribution in [2.45, 2.75) is 71.7 Å². The van der Waals surface area contributed by atoms with Crippen LogP contribution in [0.1, 0.15) is 53.5 Å². The number of nitrogens with zero attached hydrogens (tertiary/aromatic N) is 2. The van der Waals surface area contributed by atoms with E-state index >= 15 is 0 Å². The van der Waals surface area contributed by atoms with Gasteiger partial charge in [-0.25, -0.2) is 0 Å². The Bertz CT molecular complexity index is 1100. The maximum Gasteiger partial charge on any atom is 0.416 e. The number of carbonyl (C=O) groups excluding carboxylic acids is 1. The van der Waals surface area contributed by atoms with Crippen LogP contribution in [-0.2, 0) is 15.7 Å². The summed E-state index contributed by atoms with van der Waals surface area (Å²) < 4.78 is 45.6. The lowest BCUT2D eigenvalue weighted by Crippen LogP contribution is -2.50. The molecule has 0 atom stereocenters. The second kappa shape index (κ2) is 11.3. The Morgan fingerprint density at radius 3 is 2.22 bits per heavy atom. The number of aryl methyl sites for hydroxylation is 2. The van der Waals surface area contributed by atoms with E-state index in [1.165, 1.54) is 41.4 Å². The highest BCUT2D eigenvalue weighted by atomic mass is 19.4. The smallest absolute Gasteiger partial charge is 0.382 e. The second-order valence-corrected chi connectivity index (χ2v) is 10.5. The van der Waals surface area contributed by atoms with Gasteiger partial charge in [0.1, 0.15) is 6.61 Å². The number of hydrogen-bond donors (Lipinski definition) is 1. The molecular weight excluding hydrogens is 479 g/mol. The molecule has 0 spiro atoms. The average molecular weight is 518 g/mol. The molecule has 1 saturated heterocycles. The Labute approximate surface area is 218 Å². The van der Waals surface area contributed by atoms with Crippen LogP contribution in [0.25, 0.3) is 0 Å². The summed E-state index contributed by atoms with van der Waals surface area (Å²) in [5.74, 6) is 0.0241. The molecule has 1 heterocycles. The second-order valence-electron chi connectivity index (χ2n) is 10.5. The number of hydrogen-bond acceptors (Lipinski definition) is 4. The number of rotatable bonds is 6. The first-order chi connectivity index (χ1) is 17.5. The average Bonchev–Trinajstić information content (AvgIpc) is 2.87. The lowest BCUT2D eigenvalue weighted by Gasteiger charge is -2.37. The quantitative estimate of drug-likeness (QED) is 0.509. The fourth-order valence-electron chi connectivity index (χ4n) is 5.39. The van der Waals surface area contributed by atoms with Crippen molar-refractivity contribution in [3.05, 3.63) is 58.1 Å². The molecule has 1 N–H and O–H groups in total. The standard InChI is InChI=1S/C29H38F3N3O2/c1-19-6-12-27(22(4)21(19)3)34-13-15-35(16-14-34)28(36)18-37-25-10-8-23(9-11-25)33-24-7-5-20(2)26(17-24)29(30,31)32/h5-7,12,17,23,25,33H,8-11,13-16,18H2,1-4H3. The largest absolute Gasteiger partial charge is 0.416 e. The van der Waals surface area contributed by atoms with Gasteiger partial charge in [-0.05, 0) is 93.8 Å². The first-order valence-corrected chi connectivity index (χ1v) is 13.2. The minimum Gasteiger partial charge on any atom is -0.382 e. The summed E-state index contributed by atoms with van der Waals surface area (Å²) in [5.41, 5.74) is 5.28. The number of anilines is 2. The minimum atomic E-state index is -4.36. The van der Waals surface area contributed by atoms with Crippen LogP contribution in [0.2, 0.25) is 0 Å². The zero-order chi connectivity index (χ0) is 26.7. The Balaban J connectivity index is 1.19. The molecule has 1 aliphatic carbocycles. The molecule has 0 aromatic heterocycles. The van der Waals surface area contributed by atoms with Crippen LogP contribution in [0.4, 0.5) is 24.5 Å². The molecule has 1 aliphatic heterocycles. The molecule has 8 heteroatoms. The van der Waals surface area contributed by atoms with Crippen molar-refractivity contribution < 1.29 is 22.7 Å². The van der Waals surface area contributed by atoms with Gasteiger partial charge < -0.3 is 19.9 Å². The van der Waals surface area contributed by atoms with Gasteiger partial charge >= 0.3 is 6.18 Å². The number of halogens is 3. The van der Waals surface area contributed by atoms with Gasteiger partial charge in [0.15, 0.2) is 0 Å². The molecule has 2 aromatic carbocycles. The Morgan fingerprint density at radius 1 is 0.919 bits per heavy atom. The lowest BCUT2D eigenvalue weighted by atomic mass is 9.92. The highest BCUT2D eigenvalue weighted by molar-refractivity contribution is 5.78. The number of piperazine rings is 1. The third-order valence-corrected chi connectivity index (χ3v) is 8.03. The van der Waals surface area contributed by atoms with Gasteiger partial charge in [0.2, 0.25) is 5.91 Å². The number of amides is 1. The van der Waals surface area contributed by atoms with Gasteiger partial charge in [-0.15, -0.1) is 0 Å². The molecule has 1 saturated carbocycles. The number of nitrogens with one attached hydrogen (secondary N) is 1. The van der Waals surface area contributed by atoms with Crippen LogP contribution in [-0.4, -0.2) is 55.7 Å². The highest BCUT2D eigenvalue weighted by Crippen LogP contribution is 2.34. The Hall–Kier alpha value is -2.74. The molecule has 5 nitrogen and oxygen atoms in total. The van der Waals surface area contributed by atoms with E-state index in [1.54, 1.807) is 6.07 Å². The van der Waals surface area contributed by atoms with E-state index in [1.807, 2.05) is 4.90 Å². The summed E-state index contributed by atoms with van der Waals surface area (Å²) in [5, 5.41) is 3.25. The molecule has 1 amide bonds. The number of carbonyl (C=O) groups is 1. The van der Waals surface area contributed by atoms with Crippen LogP contribution in [0.5, 0.6) is 0 Å². The predicted octanol–water partition coefficient (Wildman–Crippen LogP) is 6.03. The summed E-state index contributed by atoms with van der Waals surface area (Å²) in [6, 6.07) is 8.84. The molecule has 0 bridgehead atoms. The van der Waals surface area contributed by atoms with Gasteiger partial charge in [0.25, 0.3) is 0 Å². The Morgan fingerprint density at radius 2 is 1.57 bits per heavy atom. The monoisotopic (exact) mass is 517 g/mol. The van der Waals surface area contributed by atoms with Crippen molar-refractivity contribution in [2.75, 3.05) is 43.0 Å². The minimum absolute atomic E-state index is 0.00484. The van der Waals surface area contributed by atoms with Gasteiger partial charge in [-0.1, -0.05) is 12.1 Å². The van der Waals surface area contributed by atoms with E-state index < -0.39 is 11.7 Å². The number of alkyl halides is 3. The molecule has 2 fully saturated rings. The van der Waals surface area contributed by atoms with Crippen molar-refractivity contribution in [3.8, 4) is 0 Å². The molecule has 202 valence electrons. The number of benzene rings is 2. The zero-order valence-electron chi connectivity index (χ0n) is 22.3. The molecule has 2 aromatic rings. The molecule has 37 heavy (non-hydrogen) atoms. The molecule has 0 unspecified atom stereocenters. The van der Waals surface area contributed by atoms with E-state index in [9.17, 15) is 18.0 Å². The van der Waals surface area contributed by atoms with Crippen LogP contribution in [0, 0.1) is 27.7 Å². The van der Waals surface area contributed by atoms with Crippen LogP contribution in [0.15, 0.2) is 30.3 Å². The summed E-state index contributed by atoms with van der Waals surface area (Å²) in [7, 11) is 0. The van der Waals surface area contributed by atoms with Crippen molar-refractivity contribution in [2.24, 2.45) is 0 Å². The fraction of sp³-hybridized carbons (Fsp3) is 0.552. The van der Waals surface area contributed by atoms with Gasteiger partial charge in [-0.2, -0.15) is 13.2 Å². The molecule has 0 radical (unpaired) electrons. The van der Waals surface area contributed by atoms with E-state index in [0.717, 1.165) is 38.8 Å². The first kappa shape index (κ1) is 27.3. The highest BCUT2D eigenvalue weighted by Gasteiger charge is 2.33. The molecule has 4 rings (SSSR count). The van der Waals surface area contributed by atoms with Crippen molar-refractivity contribution in [1.29, 1.82) is 0 Å². The maximum absolute atomic E-state index is 13.2. The van der Waals surface area contributed by atoms with E-state index in [0.29, 0.717) is 18.8 Å². The van der Waals surface area contributed by atoms with E-state index in [4.69, 9.17) is 4.74 Å². The maximum atomic E-state index is 13.2. The summed E-state index contributed by atoms with van der Waals surface area (Å²) in [4.78, 5) is 17.0. The van der Waals surface area contributed by atoms with Gasteiger partial charge in [0.05, 0.1) is 11.7 Å². The third kappa shape index (κ3) is 6.58. The summed E-state index contributed by atoms with van der Waals surface area (Å²) in [6.45, 7) is 11.0. The van der Waals surface area contributed by atoms with E-state index in [-0.39, 0.29) is 30.2 Å². The van der Waals surface area contributed by atoms with E-state index in [2.05, 4.69) is 43.1 Å². The van der Waals surface area contributed by atoms with Crippen molar-refractivity contribution in [1.82, 2.24) is 4.90 Å². The van der Waals surface area contributed by atoms with Crippen LogP contribution >= 0.6 is 0 Å². The van der Waals surface area contributed by atoms with Crippen LogP contribution in [0.3, 0.4) is 0 Å². The fourth-order valence-corrected chi connectivity index (χ4v) is 5.39. The zero-order valence-corrected chi connectivity index (χ0v) is 22.3. The van der Waals surface area contributed by atoms with Crippen molar-refractivity contribution >= 4 is 17.3 Å². The molecule has 2 aliphatic rings. The Kier molecular flexibility index (Phi) is 8.36. The van der Waals surface area contributed by atoms with Crippen molar-refractivity contribution in [3.63, 3.8) is 0 Å². The number of ether oxygens (including phenoxy) is 1. The normalized spacial score (nSPS) is 20.7. The predicted molar refractivity (Wildman–Crippen MR) is 141 cm³/mol. The SMILES string of the molecule is Cc1ccc(NC2CCC(OCC(=O)N3CCN(c4ccc(C)c(C)c4C)CC3)CC2)cc1C(F)(F)F. The summed E-state index contributed by atoms with van der Waals surface area (Å²) >= 11 is 0. The van der Waals surface area contributed by atoms with Gasteiger partial charge in [-0.3, -0.25) is 4.79 Å². The topological polar surface area (TPSA) is 44.8 Å².